The Morgan fingerprint density at radius 1 is 1.09 bits per heavy atom. The van der Waals surface area contributed by atoms with Crippen LogP contribution in [0.5, 0.6) is 0 Å². The van der Waals surface area contributed by atoms with Crippen LogP contribution in [0.4, 0.5) is 0 Å². The summed E-state index contributed by atoms with van der Waals surface area (Å²) in [6, 6.07) is 18.7. The quantitative estimate of drug-likeness (QED) is 0.285. The van der Waals surface area contributed by atoms with Gasteiger partial charge in [0.1, 0.15) is 30.7 Å². The summed E-state index contributed by atoms with van der Waals surface area (Å²) in [7, 11) is 0. The van der Waals surface area contributed by atoms with Crippen LogP contribution in [0, 0.1) is 0 Å². The van der Waals surface area contributed by atoms with E-state index in [4.69, 9.17) is 30.5 Å². The van der Waals surface area contributed by atoms with Crippen molar-refractivity contribution < 1.29 is 23.7 Å². The van der Waals surface area contributed by atoms with E-state index in [0.29, 0.717) is 23.3 Å². The molecule has 35 heavy (non-hydrogen) atoms. The fourth-order valence-corrected chi connectivity index (χ4v) is 4.76. The molecule has 4 aromatic rings. The van der Waals surface area contributed by atoms with E-state index in [9.17, 15) is 4.79 Å². The second-order valence-electron chi connectivity index (χ2n) is 8.50. The van der Waals surface area contributed by atoms with Crippen LogP contribution in [0.3, 0.4) is 0 Å². The number of imidazole rings is 1. The molecule has 2 fully saturated rings. The molecule has 0 radical (unpaired) electrons. The summed E-state index contributed by atoms with van der Waals surface area (Å²) in [4.78, 5) is 25.3. The Morgan fingerprint density at radius 2 is 1.86 bits per heavy atom. The van der Waals surface area contributed by atoms with Crippen LogP contribution in [0.15, 0.2) is 73.3 Å². The predicted octanol–water partition coefficient (Wildman–Crippen LogP) is 3.59. The number of fused-ring (bicyclic) bond motifs is 3. The summed E-state index contributed by atoms with van der Waals surface area (Å²) in [5, 5.41) is 0.251. The maximum absolute atomic E-state index is 12.7. The fourth-order valence-electron chi connectivity index (χ4n) is 4.58. The van der Waals surface area contributed by atoms with E-state index in [-0.39, 0.29) is 18.4 Å². The second kappa shape index (κ2) is 9.01. The number of nitrogens with zero attached hydrogens (tertiary/aromatic N) is 4. The Labute approximate surface area is 205 Å². The molecule has 2 aliphatic rings. The second-order valence-corrected chi connectivity index (χ2v) is 8.85. The summed E-state index contributed by atoms with van der Waals surface area (Å²) in [6.07, 6.45) is 1.40. The van der Waals surface area contributed by atoms with Gasteiger partial charge in [-0.05, 0) is 17.7 Å². The van der Waals surface area contributed by atoms with Crippen molar-refractivity contribution in [3.8, 4) is 0 Å². The Balaban J connectivity index is 1.29. The third-order valence-corrected chi connectivity index (χ3v) is 6.57. The van der Waals surface area contributed by atoms with Gasteiger partial charge in [-0.25, -0.2) is 19.7 Å². The molecule has 0 spiro atoms. The van der Waals surface area contributed by atoms with Gasteiger partial charge in [-0.1, -0.05) is 60.1 Å². The summed E-state index contributed by atoms with van der Waals surface area (Å²) in [6.45, 7) is 0.544. The van der Waals surface area contributed by atoms with E-state index >= 15 is 0 Å². The fraction of sp³-hybridized carbons (Fsp3) is 0.280. The van der Waals surface area contributed by atoms with E-state index in [1.54, 1.807) is 35.2 Å². The number of esters is 1. The van der Waals surface area contributed by atoms with Crippen LogP contribution >= 0.6 is 11.6 Å². The molecule has 0 saturated carbocycles. The highest BCUT2D eigenvalue weighted by Crippen LogP contribution is 2.47. The lowest BCUT2D eigenvalue weighted by Crippen LogP contribution is -2.46. The first kappa shape index (κ1) is 22.1. The standard InChI is InChI=1S/C25H21ClN4O5/c26-21-18-22(28-14-27-21)30(15-29-18)23-19-20(32-11-16-7-3-1-4-8-16)25(35-23,12-33-19)13-34-24(31)17-9-5-2-6-10-17/h1-10,14-15,19-20,23H,11-13H2/t19-,20-,23-,25+/m1/s1. The Kier molecular flexibility index (Phi) is 5.69. The molecule has 2 saturated heterocycles. The number of benzene rings is 2. The highest BCUT2D eigenvalue weighted by atomic mass is 35.5. The lowest BCUT2D eigenvalue weighted by molar-refractivity contribution is -0.187. The van der Waals surface area contributed by atoms with Crippen LogP contribution < -0.4 is 0 Å². The number of hydrogen-bond donors (Lipinski definition) is 0. The van der Waals surface area contributed by atoms with Gasteiger partial charge in [-0.15, -0.1) is 0 Å². The molecule has 0 amide bonds. The molecule has 2 aromatic carbocycles. The molecule has 0 N–H and O–H groups in total. The van der Waals surface area contributed by atoms with Gasteiger partial charge in [0, 0.05) is 0 Å². The van der Waals surface area contributed by atoms with Gasteiger partial charge < -0.3 is 18.9 Å². The molecule has 0 aliphatic carbocycles. The molecule has 0 unspecified atom stereocenters. The van der Waals surface area contributed by atoms with Crippen molar-refractivity contribution in [1.82, 2.24) is 19.5 Å². The van der Waals surface area contributed by atoms with E-state index < -0.39 is 30.0 Å². The Bertz CT molecular complexity index is 1350. The molecular formula is C25H21ClN4O5. The minimum atomic E-state index is -0.998. The SMILES string of the molecule is O=C(OC[C@]12CO[C@@H]([C@H](n3cnc4c(Cl)ncnc43)O1)[C@H]2OCc1ccccc1)c1ccccc1. The third kappa shape index (κ3) is 3.96. The lowest BCUT2D eigenvalue weighted by atomic mass is 10.00. The average molecular weight is 493 g/mol. The topological polar surface area (TPSA) is 97.6 Å². The molecule has 2 bridgehead atoms. The summed E-state index contributed by atoms with van der Waals surface area (Å²) in [5.41, 5.74) is 1.46. The number of aromatic nitrogens is 4. The average Bonchev–Trinajstić information content (AvgIpc) is 3.57. The number of carbonyl (C=O) groups is 1. The molecule has 178 valence electrons. The zero-order valence-corrected chi connectivity index (χ0v) is 19.2. The zero-order valence-electron chi connectivity index (χ0n) is 18.5. The van der Waals surface area contributed by atoms with Crippen LogP contribution in [0.2, 0.25) is 5.15 Å². The smallest absolute Gasteiger partial charge is 0.338 e. The molecule has 2 aromatic heterocycles. The van der Waals surface area contributed by atoms with Crippen molar-refractivity contribution in [2.24, 2.45) is 0 Å². The van der Waals surface area contributed by atoms with Gasteiger partial charge in [0.25, 0.3) is 0 Å². The summed E-state index contributed by atoms with van der Waals surface area (Å²) >= 11 is 6.19. The van der Waals surface area contributed by atoms with Crippen molar-refractivity contribution in [2.75, 3.05) is 13.2 Å². The third-order valence-electron chi connectivity index (χ3n) is 6.29. The van der Waals surface area contributed by atoms with Crippen molar-refractivity contribution in [3.63, 3.8) is 0 Å². The van der Waals surface area contributed by atoms with Crippen molar-refractivity contribution in [2.45, 2.75) is 30.6 Å². The molecule has 4 heterocycles. The first-order valence-corrected chi connectivity index (χ1v) is 11.5. The number of ether oxygens (including phenoxy) is 4. The normalized spacial score (nSPS) is 25.2. The molecule has 6 rings (SSSR count). The van der Waals surface area contributed by atoms with Crippen molar-refractivity contribution in [1.29, 1.82) is 0 Å². The number of rotatable bonds is 7. The number of hydrogen-bond acceptors (Lipinski definition) is 8. The highest BCUT2D eigenvalue weighted by Gasteiger charge is 2.64. The first-order chi connectivity index (χ1) is 17.1. The first-order valence-electron chi connectivity index (χ1n) is 11.1. The van der Waals surface area contributed by atoms with Gasteiger partial charge in [0.2, 0.25) is 0 Å². The molecule has 2 aliphatic heterocycles. The maximum atomic E-state index is 12.7. The van der Waals surface area contributed by atoms with E-state index in [1.807, 2.05) is 36.4 Å². The number of halogens is 1. The van der Waals surface area contributed by atoms with Crippen LogP contribution in [-0.2, 0) is 25.6 Å². The van der Waals surface area contributed by atoms with Gasteiger partial charge in [-0.2, -0.15) is 0 Å². The number of carbonyl (C=O) groups excluding carboxylic acids is 1. The summed E-state index contributed by atoms with van der Waals surface area (Å²) < 4.78 is 26.5. The van der Waals surface area contributed by atoms with Gasteiger partial charge in [-0.3, -0.25) is 4.57 Å². The summed E-state index contributed by atoms with van der Waals surface area (Å²) in [5.74, 6) is -0.440. The molecule has 9 nitrogen and oxygen atoms in total. The molecular weight excluding hydrogens is 472 g/mol. The van der Waals surface area contributed by atoms with Gasteiger partial charge >= 0.3 is 5.97 Å². The predicted molar refractivity (Wildman–Crippen MR) is 125 cm³/mol. The maximum Gasteiger partial charge on any atom is 0.338 e. The van der Waals surface area contributed by atoms with Crippen LogP contribution in [0.25, 0.3) is 11.2 Å². The Hall–Kier alpha value is -3.37. The van der Waals surface area contributed by atoms with Crippen LogP contribution in [0.1, 0.15) is 22.1 Å². The van der Waals surface area contributed by atoms with Crippen molar-refractivity contribution >= 4 is 28.7 Å². The lowest BCUT2D eigenvalue weighted by Gasteiger charge is -2.31. The Morgan fingerprint density at radius 3 is 2.66 bits per heavy atom. The van der Waals surface area contributed by atoms with Gasteiger partial charge in [0.15, 0.2) is 22.6 Å². The molecule has 10 heteroatoms. The monoisotopic (exact) mass is 492 g/mol. The minimum Gasteiger partial charge on any atom is -0.459 e. The van der Waals surface area contributed by atoms with Crippen LogP contribution in [-0.4, -0.2) is 56.5 Å². The van der Waals surface area contributed by atoms with Crippen molar-refractivity contribution in [3.05, 3.63) is 89.6 Å². The van der Waals surface area contributed by atoms with E-state index in [1.165, 1.54) is 6.33 Å². The largest absolute Gasteiger partial charge is 0.459 e. The zero-order chi connectivity index (χ0) is 23.8. The van der Waals surface area contributed by atoms with E-state index in [0.717, 1.165) is 5.56 Å². The molecule has 4 atom stereocenters. The highest BCUT2D eigenvalue weighted by molar-refractivity contribution is 6.33. The van der Waals surface area contributed by atoms with E-state index in [2.05, 4.69) is 15.0 Å². The van der Waals surface area contributed by atoms with Gasteiger partial charge in [0.05, 0.1) is 25.1 Å². The minimum absolute atomic E-state index is 0.0322.